The van der Waals surface area contributed by atoms with Gasteiger partial charge in [0.25, 0.3) is 0 Å². The molecule has 0 aliphatic heterocycles. The van der Waals surface area contributed by atoms with Gasteiger partial charge in [0.1, 0.15) is 6.73 Å². The van der Waals surface area contributed by atoms with Gasteiger partial charge in [-0.3, -0.25) is 5.43 Å². The smallest absolute Gasteiger partial charge is 0.331 e. The summed E-state index contributed by atoms with van der Waals surface area (Å²) in [4.78, 5) is 11.5. The van der Waals surface area contributed by atoms with Gasteiger partial charge in [-0.1, -0.05) is 39.0 Å². The van der Waals surface area contributed by atoms with E-state index in [1.807, 2.05) is 0 Å². The van der Waals surface area contributed by atoms with E-state index < -0.39 is 6.03 Å². The van der Waals surface area contributed by atoms with Crippen molar-refractivity contribution in [3.8, 4) is 0 Å². The van der Waals surface area contributed by atoms with Crippen molar-refractivity contribution in [3.05, 3.63) is 0 Å². The van der Waals surface area contributed by atoms with Crippen LogP contribution >= 0.6 is 0 Å². The monoisotopic (exact) mass is 305 g/mol. The number of urea groups is 1. The van der Waals surface area contributed by atoms with Crippen LogP contribution in [0.4, 0.5) is 4.79 Å². The summed E-state index contributed by atoms with van der Waals surface area (Å²) < 4.78 is 5.32. The Kier molecular flexibility index (Phi) is 14.8. The Labute approximate surface area is 127 Å². The molecule has 0 saturated heterocycles. The maximum atomic E-state index is 11.5. The first kappa shape index (κ1) is 20.1. The quantitative estimate of drug-likeness (QED) is 0.217. The molecule has 0 aromatic carbocycles. The molecule has 126 valence electrons. The number of aliphatic hydroxyl groups excluding tert-OH is 2. The van der Waals surface area contributed by atoms with Crippen LogP contribution in [-0.4, -0.2) is 60.9 Å². The fourth-order valence-corrected chi connectivity index (χ4v) is 1.82. The van der Waals surface area contributed by atoms with Crippen LogP contribution in [0.15, 0.2) is 0 Å². The summed E-state index contributed by atoms with van der Waals surface area (Å²) in [5, 5.41) is 21.6. The molecule has 0 rings (SSSR count). The van der Waals surface area contributed by atoms with Crippen molar-refractivity contribution in [2.45, 2.75) is 45.4 Å². The van der Waals surface area contributed by atoms with Crippen LogP contribution in [0.1, 0.15) is 45.4 Å². The van der Waals surface area contributed by atoms with Gasteiger partial charge in [-0.2, -0.15) is 0 Å². The van der Waals surface area contributed by atoms with Crippen LogP contribution in [0.3, 0.4) is 0 Å². The second kappa shape index (κ2) is 15.5. The molecule has 0 aromatic heterocycles. The molecule has 0 atom stereocenters. The molecule has 21 heavy (non-hydrogen) atoms. The third-order valence-corrected chi connectivity index (χ3v) is 2.98. The summed E-state index contributed by atoms with van der Waals surface area (Å²) in [6.07, 6.45) is 7.23. The first-order valence-electron chi connectivity index (χ1n) is 7.83. The van der Waals surface area contributed by atoms with Crippen LogP contribution < -0.4 is 10.7 Å². The lowest BCUT2D eigenvalue weighted by Gasteiger charge is -2.21. The summed E-state index contributed by atoms with van der Waals surface area (Å²) >= 11 is 0. The van der Waals surface area contributed by atoms with Crippen LogP contribution in [0.2, 0.25) is 0 Å². The van der Waals surface area contributed by atoms with Gasteiger partial charge in [0, 0.05) is 19.7 Å². The SMILES string of the molecule is CCCCCCCCOCNC(=O)NN(CCO)CCO. The third kappa shape index (κ3) is 13.8. The fraction of sp³-hybridized carbons (Fsp3) is 0.929. The van der Waals surface area contributed by atoms with Gasteiger partial charge in [-0.15, -0.1) is 0 Å². The van der Waals surface area contributed by atoms with E-state index in [-0.39, 0.29) is 33.0 Å². The molecule has 0 heterocycles. The first-order chi connectivity index (χ1) is 10.2. The summed E-state index contributed by atoms with van der Waals surface area (Å²) in [6.45, 7) is 3.36. The van der Waals surface area contributed by atoms with E-state index in [2.05, 4.69) is 17.7 Å². The number of unbranched alkanes of at least 4 members (excludes halogenated alkanes) is 5. The predicted molar refractivity (Wildman–Crippen MR) is 81.6 cm³/mol. The Morgan fingerprint density at radius 2 is 1.67 bits per heavy atom. The maximum Gasteiger partial charge on any atom is 0.331 e. The normalized spacial score (nSPS) is 10.9. The van der Waals surface area contributed by atoms with Gasteiger partial charge in [-0.25, -0.2) is 9.80 Å². The van der Waals surface area contributed by atoms with E-state index in [1.54, 1.807) is 0 Å². The molecule has 0 saturated carbocycles. The molecule has 4 N–H and O–H groups in total. The molecule has 0 radical (unpaired) electrons. The Hall–Kier alpha value is -0.890. The zero-order chi connectivity index (χ0) is 15.8. The molecule has 0 aromatic rings. The molecular formula is C14H31N3O4. The summed E-state index contributed by atoms with van der Waals surface area (Å²) in [5.74, 6) is 0. The number of hydrogen-bond donors (Lipinski definition) is 4. The zero-order valence-corrected chi connectivity index (χ0v) is 13.1. The van der Waals surface area contributed by atoms with Gasteiger partial charge in [-0.05, 0) is 6.42 Å². The predicted octanol–water partition coefficient (Wildman–Crippen LogP) is 0.822. The van der Waals surface area contributed by atoms with E-state index in [0.29, 0.717) is 6.61 Å². The van der Waals surface area contributed by atoms with E-state index in [4.69, 9.17) is 14.9 Å². The summed E-state index contributed by atoms with van der Waals surface area (Å²) in [6, 6.07) is -0.403. The molecule has 7 heteroatoms. The topological polar surface area (TPSA) is 94.1 Å². The van der Waals surface area contributed by atoms with Crippen molar-refractivity contribution < 1.29 is 19.7 Å². The number of nitrogens with zero attached hydrogens (tertiary/aromatic N) is 1. The average molecular weight is 305 g/mol. The van der Waals surface area contributed by atoms with Crippen molar-refractivity contribution in [1.29, 1.82) is 0 Å². The second-order valence-electron chi connectivity index (χ2n) is 4.87. The van der Waals surface area contributed by atoms with Gasteiger partial charge in [0.05, 0.1) is 13.2 Å². The van der Waals surface area contributed by atoms with Crippen LogP contribution in [0.25, 0.3) is 0 Å². The van der Waals surface area contributed by atoms with Crippen molar-refractivity contribution in [1.82, 2.24) is 15.8 Å². The van der Waals surface area contributed by atoms with Crippen molar-refractivity contribution in [2.24, 2.45) is 0 Å². The number of nitrogens with one attached hydrogen (secondary N) is 2. The highest BCUT2D eigenvalue weighted by atomic mass is 16.5. The van der Waals surface area contributed by atoms with Crippen LogP contribution in [-0.2, 0) is 4.74 Å². The lowest BCUT2D eigenvalue weighted by Crippen LogP contribution is -2.49. The number of amides is 2. The van der Waals surface area contributed by atoms with E-state index in [0.717, 1.165) is 12.8 Å². The largest absolute Gasteiger partial charge is 0.395 e. The Morgan fingerprint density at radius 1 is 1.05 bits per heavy atom. The van der Waals surface area contributed by atoms with Crippen molar-refractivity contribution in [3.63, 3.8) is 0 Å². The first-order valence-corrected chi connectivity index (χ1v) is 7.83. The Balaban J connectivity index is 3.43. The Morgan fingerprint density at radius 3 is 2.29 bits per heavy atom. The molecular weight excluding hydrogens is 274 g/mol. The molecule has 0 aliphatic rings. The molecule has 0 unspecified atom stereocenters. The van der Waals surface area contributed by atoms with E-state index in [1.165, 1.54) is 30.7 Å². The van der Waals surface area contributed by atoms with Crippen molar-refractivity contribution >= 4 is 6.03 Å². The number of carbonyl (C=O) groups excluding carboxylic acids is 1. The van der Waals surface area contributed by atoms with Gasteiger partial charge in [0.2, 0.25) is 0 Å². The minimum absolute atomic E-state index is 0.0885. The highest BCUT2D eigenvalue weighted by Crippen LogP contribution is 2.04. The van der Waals surface area contributed by atoms with Gasteiger partial charge in [0.15, 0.2) is 0 Å². The second-order valence-corrected chi connectivity index (χ2v) is 4.87. The maximum absolute atomic E-state index is 11.5. The standard InChI is InChI=1S/C14H31N3O4/c1-2-3-4-5-6-7-12-21-13-15-14(20)16-17(8-10-18)9-11-19/h18-19H,2-13H2,1H3,(H2,15,16,20). The molecule has 7 nitrogen and oxygen atoms in total. The fourth-order valence-electron chi connectivity index (χ4n) is 1.82. The number of aliphatic hydroxyl groups is 2. The number of hydrazine groups is 1. The van der Waals surface area contributed by atoms with Crippen molar-refractivity contribution in [2.75, 3.05) is 39.6 Å². The number of ether oxygens (including phenoxy) is 1. The summed E-state index contributed by atoms with van der Waals surface area (Å²) in [7, 11) is 0. The van der Waals surface area contributed by atoms with Crippen LogP contribution in [0.5, 0.6) is 0 Å². The lowest BCUT2D eigenvalue weighted by atomic mass is 10.1. The lowest BCUT2D eigenvalue weighted by molar-refractivity contribution is 0.0996. The van der Waals surface area contributed by atoms with E-state index >= 15 is 0 Å². The molecule has 0 aliphatic carbocycles. The highest BCUT2D eigenvalue weighted by molar-refractivity contribution is 5.73. The molecule has 0 spiro atoms. The van der Waals surface area contributed by atoms with Crippen LogP contribution in [0, 0.1) is 0 Å². The number of carbonyl (C=O) groups is 1. The molecule has 0 bridgehead atoms. The minimum Gasteiger partial charge on any atom is -0.395 e. The molecule has 0 fully saturated rings. The highest BCUT2D eigenvalue weighted by Gasteiger charge is 2.07. The number of hydrogen-bond acceptors (Lipinski definition) is 5. The summed E-state index contributed by atoms with van der Waals surface area (Å²) in [5.41, 5.74) is 2.53. The average Bonchev–Trinajstić information content (AvgIpc) is 2.46. The number of rotatable bonds is 14. The molecule has 2 amide bonds. The third-order valence-electron chi connectivity index (χ3n) is 2.98. The van der Waals surface area contributed by atoms with E-state index in [9.17, 15) is 4.79 Å². The zero-order valence-electron chi connectivity index (χ0n) is 13.1. The van der Waals surface area contributed by atoms with Gasteiger partial charge >= 0.3 is 6.03 Å². The van der Waals surface area contributed by atoms with Gasteiger partial charge < -0.3 is 20.3 Å². The Bertz CT molecular complexity index is 236. The minimum atomic E-state index is -0.403.